The zero-order valence-electron chi connectivity index (χ0n) is 19.7. The highest BCUT2D eigenvalue weighted by atomic mass is 16.5. The Bertz CT molecular complexity index is 837. The number of nitrogens with two attached hydrogens (primary N) is 1. The first-order chi connectivity index (χ1) is 15.5. The second kappa shape index (κ2) is 14.2. The van der Waals surface area contributed by atoms with E-state index in [4.69, 9.17) is 15.6 Å². The number of benzene rings is 1. The minimum absolute atomic E-state index is 0.00730. The summed E-state index contributed by atoms with van der Waals surface area (Å²) < 4.78 is 5.67. The molecule has 0 aliphatic rings. The highest BCUT2D eigenvalue weighted by Gasteiger charge is 2.26. The van der Waals surface area contributed by atoms with Crippen molar-refractivity contribution in [2.24, 2.45) is 17.6 Å². The van der Waals surface area contributed by atoms with Gasteiger partial charge in [0.15, 0.2) is 0 Å². The number of carboxylic acid groups (broad SMARTS) is 2. The summed E-state index contributed by atoms with van der Waals surface area (Å²) in [5.41, 5.74) is 8.28. The summed E-state index contributed by atoms with van der Waals surface area (Å²) >= 11 is 0. The number of rotatable bonds is 14. The average molecular weight is 461 g/mol. The van der Waals surface area contributed by atoms with E-state index in [1.54, 1.807) is 20.1 Å². The maximum Gasteiger partial charge on any atom is 0.326 e. The van der Waals surface area contributed by atoms with Gasteiger partial charge in [0.05, 0.1) is 12.0 Å². The number of amides is 1. The third-order valence-corrected chi connectivity index (χ3v) is 5.53. The van der Waals surface area contributed by atoms with E-state index in [1.165, 1.54) is 5.56 Å². The first-order valence-corrected chi connectivity index (χ1v) is 11.0. The van der Waals surface area contributed by atoms with Crippen molar-refractivity contribution in [1.82, 2.24) is 5.32 Å². The van der Waals surface area contributed by atoms with Crippen molar-refractivity contribution in [3.63, 3.8) is 0 Å². The molecule has 0 spiro atoms. The summed E-state index contributed by atoms with van der Waals surface area (Å²) in [4.78, 5) is 34.4. The maximum absolute atomic E-state index is 12.4. The van der Waals surface area contributed by atoms with E-state index in [9.17, 15) is 19.5 Å². The highest BCUT2D eigenvalue weighted by molar-refractivity contribution is 5.85. The first kappa shape index (κ1) is 28.1. The number of ether oxygens (including phenoxy) is 1. The van der Waals surface area contributed by atoms with E-state index < -0.39 is 35.8 Å². The van der Waals surface area contributed by atoms with Crippen molar-refractivity contribution in [2.75, 3.05) is 7.11 Å². The molecule has 0 aliphatic carbocycles. The molecule has 0 unspecified atom stereocenters. The van der Waals surface area contributed by atoms with E-state index in [-0.39, 0.29) is 24.9 Å². The van der Waals surface area contributed by atoms with Gasteiger partial charge in [0.1, 0.15) is 6.04 Å². The number of nitrogens with one attached hydrogen (secondary N) is 1. The minimum atomic E-state index is -1.28. The number of carbonyl (C=O) groups excluding carboxylic acids is 1. The fraction of sp³-hybridized carbons (Fsp3) is 0.480. The number of methoxy groups -OCH3 is 1. The van der Waals surface area contributed by atoms with E-state index in [0.717, 1.165) is 12.0 Å². The molecule has 182 valence electrons. The normalized spacial score (nSPS) is 16.6. The van der Waals surface area contributed by atoms with Crippen LogP contribution in [0.1, 0.15) is 39.2 Å². The largest absolute Gasteiger partial charge is 0.481 e. The molecule has 0 heterocycles. The molecular weight excluding hydrogens is 424 g/mol. The first-order valence-electron chi connectivity index (χ1n) is 11.0. The maximum atomic E-state index is 12.4. The van der Waals surface area contributed by atoms with Crippen LogP contribution in [-0.2, 0) is 25.5 Å². The van der Waals surface area contributed by atoms with E-state index in [1.807, 2.05) is 31.2 Å². The Morgan fingerprint density at radius 2 is 1.79 bits per heavy atom. The molecular formula is C25H36N2O6. The zero-order valence-corrected chi connectivity index (χ0v) is 19.7. The van der Waals surface area contributed by atoms with Crippen LogP contribution in [0.15, 0.2) is 54.1 Å². The van der Waals surface area contributed by atoms with Gasteiger partial charge in [0, 0.05) is 25.5 Å². The van der Waals surface area contributed by atoms with Crippen LogP contribution in [0.4, 0.5) is 0 Å². The Labute approximate surface area is 195 Å². The molecule has 0 saturated heterocycles. The Morgan fingerprint density at radius 3 is 2.33 bits per heavy atom. The van der Waals surface area contributed by atoms with Crippen LogP contribution >= 0.6 is 0 Å². The van der Waals surface area contributed by atoms with Crippen LogP contribution in [0.2, 0.25) is 0 Å². The van der Waals surface area contributed by atoms with Crippen LogP contribution in [0, 0.1) is 11.8 Å². The van der Waals surface area contributed by atoms with E-state index >= 15 is 0 Å². The van der Waals surface area contributed by atoms with E-state index in [0.29, 0.717) is 0 Å². The molecule has 0 fully saturated rings. The van der Waals surface area contributed by atoms with Crippen LogP contribution < -0.4 is 11.1 Å². The molecule has 0 aliphatic heterocycles. The second-order valence-electron chi connectivity index (χ2n) is 8.29. The second-order valence-corrected chi connectivity index (χ2v) is 8.29. The predicted molar refractivity (Wildman–Crippen MR) is 127 cm³/mol. The predicted octanol–water partition coefficient (Wildman–Crippen LogP) is 2.78. The fourth-order valence-corrected chi connectivity index (χ4v) is 3.34. The lowest BCUT2D eigenvalue weighted by atomic mass is 9.95. The standard InChI is InChI=1S/C25H36N2O6/c1-16(14-17(2)22(33-4)15-19-8-6-5-7-9-19)10-11-20(26)18(3)24(30)27-21(25(31)32)12-13-23(28)29/h5-11,14,17-18,20-22H,12-13,15,26H2,1-4H3,(H,27,30)(H,28,29)(H,31,32)/b11-10+,16-14+/t17-,18-,20-,21+,22-/m0/s1. The molecule has 1 aromatic rings. The molecule has 1 aromatic carbocycles. The molecule has 1 amide bonds. The van der Waals surface area contributed by atoms with Crippen LogP contribution in [0.5, 0.6) is 0 Å². The number of aliphatic carboxylic acids is 2. The lowest BCUT2D eigenvalue weighted by Crippen LogP contribution is -2.47. The monoisotopic (exact) mass is 460 g/mol. The summed E-state index contributed by atoms with van der Waals surface area (Å²) in [7, 11) is 1.69. The third kappa shape index (κ3) is 10.5. The van der Waals surface area contributed by atoms with Crippen LogP contribution in [-0.4, -0.2) is 53.4 Å². The molecule has 1 rings (SSSR count). The van der Waals surface area contributed by atoms with Crippen molar-refractivity contribution < 1.29 is 29.3 Å². The van der Waals surface area contributed by atoms with Crippen LogP contribution in [0.25, 0.3) is 0 Å². The van der Waals surface area contributed by atoms with Crippen molar-refractivity contribution in [1.29, 1.82) is 0 Å². The molecule has 0 bridgehead atoms. The summed E-state index contributed by atoms with van der Waals surface area (Å²) in [6, 6.07) is 8.20. The van der Waals surface area contributed by atoms with Gasteiger partial charge in [-0.1, -0.05) is 68.0 Å². The van der Waals surface area contributed by atoms with Crippen LogP contribution in [0.3, 0.4) is 0 Å². The number of carbonyl (C=O) groups is 3. The van der Waals surface area contributed by atoms with Crippen molar-refractivity contribution in [3.05, 3.63) is 59.7 Å². The Hall–Kier alpha value is -2.97. The topological polar surface area (TPSA) is 139 Å². The van der Waals surface area contributed by atoms with Crippen molar-refractivity contribution in [2.45, 2.75) is 58.2 Å². The minimum Gasteiger partial charge on any atom is -0.481 e. The third-order valence-electron chi connectivity index (χ3n) is 5.53. The summed E-state index contributed by atoms with van der Waals surface area (Å²) in [5, 5.41) is 20.3. The van der Waals surface area contributed by atoms with Gasteiger partial charge in [-0.15, -0.1) is 0 Å². The smallest absolute Gasteiger partial charge is 0.326 e. The lowest BCUT2D eigenvalue weighted by Gasteiger charge is -2.21. The quantitative estimate of drug-likeness (QED) is 0.313. The Kier molecular flexibility index (Phi) is 12.1. The molecule has 5 N–H and O–H groups in total. The van der Waals surface area contributed by atoms with Gasteiger partial charge < -0.3 is 26.0 Å². The molecule has 33 heavy (non-hydrogen) atoms. The number of hydrogen-bond donors (Lipinski definition) is 4. The number of carboxylic acids is 2. The number of hydrogen-bond acceptors (Lipinski definition) is 5. The zero-order chi connectivity index (χ0) is 25.0. The molecule has 0 aromatic heterocycles. The SMILES string of the molecule is CO[C@@H](Cc1ccccc1)[C@@H](C)/C=C(C)/C=C/[C@H](N)[C@H](C)C(=O)N[C@H](CCC(=O)O)C(=O)O. The fourth-order valence-electron chi connectivity index (χ4n) is 3.34. The van der Waals surface area contributed by atoms with Gasteiger partial charge in [-0.2, -0.15) is 0 Å². The molecule has 8 heteroatoms. The molecule has 5 atom stereocenters. The highest BCUT2D eigenvalue weighted by Crippen LogP contribution is 2.17. The van der Waals surface area contributed by atoms with Gasteiger partial charge in [0.2, 0.25) is 5.91 Å². The summed E-state index contributed by atoms with van der Waals surface area (Å²) in [6.07, 6.45) is 5.86. The van der Waals surface area contributed by atoms with Gasteiger partial charge in [-0.25, -0.2) is 4.79 Å². The van der Waals surface area contributed by atoms with Gasteiger partial charge in [0.25, 0.3) is 0 Å². The van der Waals surface area contributed by atoms with Crippen molar-refractivity contribution >= 4 is 17.8 Å². The van der Waals surface area contributed by atoms with Gasteiger partial charge in [-0.05, 0) is 25.3 Å². The number of allylic oxidation sites excluding steroid dienone is 2. The van der Waals surface area contributed by atoms with Crippen molar-refractivity contribution in [3.8, 4) is 0 Å². The summed E-state index contributed by atoms with van der Waals surface area (Å²) in [5.74, 6) is -3.50. The molecule has 8 nitrogen and oxygen atoms in total. The lowest BCUT2D eigenvalue weighted by molar-refractivity contribution is -0.143. The Morgan fingerprint density at radius 1 is 1.15 bits per heavy atom. The summed E-state index contributed by atoms with van der Waals surface area (Å²) in [6.45, 7) is 5.61. The Balaban J connectivity index is 2.70. The van der Waals surface area contributed by atoms with Gasteiger partial charge >= 0.3 is 11.9 Å². The van der Waals surface area contributed by atoms with E-state index in [2.05, 4.69) is 30.4 Å². The molecule has 0 saturated carbocycles. The molecule has 0 radical (unpaired) electrons. The average Bonchev–Trinajstić information content (AvgIpc) is 2.78. The van der Waals surface area contributed by atoms with Gasteiger partial charge in [-0.3, -0.25) is 9.59 Å².